The zero-order chi connectivity index (χ0) is 11.9. The van der Waals surface area contributed by atoms with Gasteiger partial charge in [-0.25, -0.2) is 4.39 Å². The lowest BCUT2D eigenvalue weighted by Gasteiger charge is -2.14. The Morgan fingerprint density at radius 2 is 1.94 bits per heavy atom. The van der Waals surface area contributed by atoms with E-state index in [4.69, 9.17) is 0 Å². The molecule has 0 aliphatic heterocycles. The van der Waals surface area contributed by atoms with Crippen LogP contribution in [-0.2, 0) is 0 Å². The van der Waals surface area contributed by atoms with E-state index < -0.39 is 0 Å². The van der Waals surface area contributed by atoms with Crippen molar-refractivity contribution in [1.82, 2.24) is 4.98 Å². The van der Waals surface area contributed by atoms with E-state index in [-0.39, 0.29) is 5.82 Å². The summed E-state index contributed by atoms with van der Waals surface area (Å²) in [5, 5.41) is 0.980. The zero-order valence-electron chi connectivity index (χ0n) is 9.64. The lowest BCUT2D eigenvalue weighted by Crippen LogP contribution is -2.00. The fourth-order valence-electron chi connectivity index (χ4n) is 1.91. The van der Waals surface area contributed by atoms with Crippen LogP contribution in [0.5, 0.6) is 0 Å². The number of aromatic amines is 1. The number of rotatable bonds is 2. The summed E-state index contributed by atoms with van der Waals surface area (Å²) in [6.45, 7) is 6.53. The lowest BCUT2D eigenvalue weighted by atomic mass is 9.90. The number of halogens is 2. The Morgan fingerprint density at radius 1 is 1.25 bits per heavy atom. The number of hydrogen-bond donors (Lipinski definition) is 1. The highest BCUT2D eigenvalue weighted by molar-refractivity contribution is 9.10. The largest absolute Gasteiger partial charge is 0.360 e. The van der Waals surface area contributed by atoms with Crippen LogP contribution >= 0.6 is 15.9 Å². The van der Waals surface area contributed by atoms with E-state index >= 15 is 0 Å². The van der Waals surface area contributed by atoms with Crippen molar-refractivity contribution in [3.05, 3.63) is 34.2 Å². The number of benzene rings is 1. The predicted octanol–water partition coefficient (Wildman–Crippen LogP) is 4.83. The highest BCUT2D eigenvalue weighted by Crippen LogP contribution is 2.33. The Kier molecular flexibility index (Phi) is 3.06. The molecule has 0 saturated heterocycles. The average Bonchev–Trinajstić information content (AvgIpc) is 2.60. The van der Waals surface area contributed by atoms with Gasteiger partial charge in [-0.1, -0.05) is 20.8 Å². The van der Waals surface area contributed by atoms with Gasteiger partial charge in [0.05, 0.1) is 5.52 Å². The number of H-pyrrole nitrogens is 1. The monoisotopic (exact) mass is 283 g/mol. The van der Waals surface area contributed by atoms with Gasteiger partial charge in [0.1, 0.15) is 5.82 Å². The summed E-state index contributed by atoms with van der Waals surface area (Å²) in [6.07, 6.45) is 1.99. The molecule has 0 saturated carbocycles. The minimum atomic E-state index is -0.198. The molecule has 0 spiro atoms. The van der Waals surface area contributed by atoms with E-state index in [1.165, 1.54) is 11.6 Å². The minimum absolute atomic E-state index is 0.198. The molecule has 1 aromatic heterocycles. The van der Waals surface area contributed by atoms with Gasteiger partial charge >= 0.3 is 0 Å². The van der Waals surface area contributed by atoms with Crippen molar-refractivity contribution in [3.63, 3.8) is 0 Å². The Labute approximate surface area is 103 Å². The summed E-state index contributed by atoms with van der Waals surface area (Å²) in [6, 6.07) is 3.09. The summed E-state index contributed by atoms with van der Waals surface area (Å²) in [7, 11) is 0. The minimum Gasteiger partial charge on any atom is -0.360 e. The van der Waals surface area contributed by atoms with Crippen molar-refractivity contribution in [2.24, 2.45) is 5.92 Å². The Morgan fingerprint density at radius 3 is 2.56 bits per heavy atom. The van der Waals surface area contributed by atoms with Crippen molar-refractivity contribution in [2.45, 2.75) is 26.7 Å². The molecule has 1 N–H and O–H groups in total. The standard InChI is InChI=1S/C13H15BrFN/c1-7(2)8(3)11-6-16-13-10(11)4-9(15)5-12(13)14/h4-8,16H,1-3H3. The first-order chi connectivity index (χ1) is 7.50. The van der Waals surface area contributed by atoms with Crippen LogP contribution in [0.4, 0.5) is 4.39 Å². The lowest BCUT2D eigenvalue weighted by molar-refractivity contribution is 0.538. The van der Waals surface area contributed by atoms with Gasteiger partial charge < -0.3 is 4.98 Å². The Hall–Kier alpha value is -0.830. The maximum atomic E-state index is 13.4. The number of nitrogens with one attached hydrogen (secondary N) is 1. The quantitative estimate of drug-likeness (QED) is 0.813. The summed E-state index contributed by atoms with van der Waals surface area (Å²) in [4.78, 5) is 3.21. The van der Waals surface area contributed by atoms with Gasteiger partial charge in [-0.15, -0.1) is 0 Å². The van der Waals surface area contributed by atoms with Crippen molar-refractivity contribution >= 4 is 26.8 Å². The van der Waals surface area contributed by atoms with Crippen molar-refractivity contribution in [1.29, 1.82) is 0 Å². The van der Waals surface area contributed by atoms with Crippen LogP contribution in [0.15, 0.2) is 22.8 Å². The first-order valence-electron chi connectivity index (χ1n) is 5.46. The van der Waals surface area contributed by atoms with Crippen molar-refractivity contribution in [2.75, 3.05) is 0 Å². The second-order valence-electron chi connectivity index (χ2n) is 4.59. The third-order valence-corrected chi connectivity index (χ3v) is 3.85. The van der Waals surface area contributed by atoms with Gasteiger partial charge in [-0.2, -0.15) is 0 Å². The first kappa shape index (κ1) is 11.6. The molecule has 1 atom stereocenters. The van der Waals surface area contributed by atoms with E-state index in [0.717, 1.165) is 15.4 Å². The van der Waals surface area contributed by atoms with Crippen molar-refractivity contribution in [3.8, 4) is 0 Å². The van der Waals surface area contributed by atoms with Crippen LogP contribution in [0.2, 0.25) is 0 Å². The second kappa shape index (κ2) is 4.21. The number of hydrogen-bond acceptors (Lipinski definition) is 0. The molecule has 0 bridgehead atoms. The van der Waals surface area contributed by atoms with Gasteiger partial charge in [0, 0.05) is 16.1 Å². The van der Waals surface area contributed by atoms with Gasteiger partial charge in [0.25, 0.3) is 0 Å². The van der Waals surface area contributed by atoms with Gasteiger partial charge in [-0.3, -0.25) is 0 Å². The van der Waals surface area contributed by atoms with Gasteiger partial charge in [-0.05, 0) is 45.5 Å². The van der Waals surface area contributed by atoms with Crippen LogP contribution < -0.4 is 0 Å². The molecule has 1 nitrogen and oxygen atoms in total. The molecule has 0 aliphatic rings. The molecule has 1 unspecified atom stereocenters. The molecular weight excluding hydrogens is 269 g/mol. The van der Waals surface area contributed by atoms with Crippen LogP contribution in [0.25, 0.3) is 10.9 Å². The molecule has 0 aliphatic carbocycles. The third kappa shape index (κ3) is 1.88. The number of fused-ring (bicyclic) bond motifs is 1. The van der Waals surface area contributed by atoms with Crippen LogP contribution in [0.3, 0.4) is 0 Å². The fraction of sp³-hybridized carbons (Fsp3) is 0.385. The number of aromatic nitrogens is 1. The molecule has 86 valence electrons. The molecule has 0 radical (unpaired) electrons. The predicted molar refractivity (Wildman–Crippen MR) is 69.2 cm³/mol. The summed E-state index contributed by atoms with van der Waals surface area (Å²) < 4.78 is 14.2. The fourth-order valence-corrected chi connectivity index (χ4v) is 2.46. The van der Waals surface area contributed by atoms with Crippen LogP contribution in [0, 0.1) is 11.7 Å². The summed E-state index contributed by atoms with van der Waals surface area (Å²) in [5.41, 5.74) is 2.16. The van der Waals surface area contributed by atoms with Gasteiger partial charge in [0.2, 0.25) is 0 Å². The molecule has 2 rings (SSSR count). The van der Waals surface area contributed by atoms with E-state index in [1.807, 2.05) is 6.20 Å². The van der Waals surface area contributed by atoms with E-state index in [2.05, 4.69) is 41.7 Å². The van der Waals surface area contributed by atoms with E-state index in [9.17, 15) is 4.39 Å². The third-order valence-electron chi connectivity index (χ3n) is 3.23. The topological polar surface area (TPSA) is 15.8 Å². The molecule has 0 fully saturated rings. The zero-order valence-corrected chi connectivity index (χ0v) is 11.2. The molecule has 16 heavy (non-hydrogen) atoms. The highest BCUT2D eigenvalue weighted by atomic mass is 79.9. The normalized spacial score (nSPS) is 13.6. The molecule has 1 aromatic carbocycles. The summed E-state index contributed by atoms with van der Waals surface area (Å²) in [5.74, 6) is 0.764. The van der Waals surface area contributed by atoms with Gasteiger partial charge in [0.15, 0.2) is 0 Å². The first-order valence-corrected chi connectivity index (χ1v) is 6.26. The maximum Gasteiger partial charge on any atom is 0.125 e. The van der Waals surface area contributed by atoms with Crippen LogP contribution in [-0.4, -0.2) is 4.98 Å². The molecule has 3 heteroatoms. The highest BCUT2D eigenvalue weighted by Gasteiger charge is 2.16. The van der Waals surface area contributed by atoms with Crippen molar-refractivity contribution < 1.29 is 4.39 Å². The molecule has 1 heterocycles. The second-order valence-corrected chi connectivity index (χ2v) is 5.44. The Balaban J connectivity index is 2.64. The SMILES string of the molecule is CC(C)C(C)c1c[nH]c2c(Br)cc(F)cc12. The smallest absolute Gasteiger partial charge is 0.125 e. The summed E-state index contributed by atoms with van der Waals surface area (Å²) >= 11 is 3.38. The molecule has 2 aromatic rings. The molecule has 0 amide bonds. The maximum absolute atomic E-state index is 13.4. The van der Waals surface area contributed by atoms with E-state index in [0.29, 0.717) is 11.8 Å². The Bertz CT molecular complexity index is 516. The van der Waals surface area contributed by atoms with Crippen LogP contribution in [0.1, 0.15) is 32.3 Å². The average molecular weight is 284 g/mol. The molecular formula is C13H15BrFN. The van der Waals surface area contributed by atoms with E-state index in [1.54, 1.807) is 6.07 Å².